The monoisotopic (exact) mass is 278 g/mol. The molecule has 1 amide bonds. The van der Waals surface area contributed by atoms with Crippen LogP contribution in [0, 0.1) is 0 Å². The summed E-state index contributed by atoms with van der Waals surface area (Å²) >= 11 is 4.54. The molecule has 0 aliphatic carbocycles. The van der Waals surface area contributed by atoms with Crippen molar-refractivity contribution in [1.29, 1.82) is 0 Å². The number of amides is 1. The van der Waals surface area contributed by atoms with Gasteiger partial charge in [0.1, 0.15) is 0 Å². The summed E-state index contributed by atoms with van der Waals surface area (Å²) in [4.78, 5) is 15.2. The summed E-state index contributed by atoms with van der Waals surface area (Å²) < 4.78 is 5.62. The molecule has 1 N–H and O–H groups in total. The molecule has 0 fully saturated rings. The molecule has 0 aromatic carbocycles. The number of hydrogen-bond donors (Lipinski definition) is 1. The molecule has 0 saturated heterocycles. The molecule has 0 bridgehead atoms. The van der Waals surface area contributed by atoms with Gasteiger partial charge < -0.3 is 10.1 Å². The zero-order chi connectivity index (χ0) is 10.8. The third kappa shape index (κ3) is 4.06. The van der Waals surface area contributed by atoms with E-state index in [4.69, 9.17) is 4.74 Å². The Morgan fingerprint density at radius 2 is 2.29 bits per heavy atom. The zero-order valence-corrected chi connectivity index (χ0v) is 10.5. The highest BCUT2D eigenvalue weighted by atomic mass is 79.9. The van der Waals surface area contributed by atoms with E-state index in [1.165, 1.54) is 11.3 Å². The first kappa shape index (κ1) is 11.5. The van der Waals surface area contributed by atoms with Gasteiger partial charge in [0.15, 0.2) is 3.92 Å². The van der Waals surface area contributed by atoms with Gasteiger partial charge >= 0.3 is 6.09 Å². The van der Waals surface area contributed by atoms with Crippen LogP contribution in [0.15, 0.2) is 9.30 Å². The normalized spacial score (nSPS) is 11.1. The number of nitrogens with zero attached hydrogens (tertiary/aromatic N) is 1. The van der Waals surface area contributed by atoms with Gasteiger partial charge in [-0.25, -0.2) is 4.79 Å². The highest BCUT2D eigenvalue weighted by molar-refractivity contribution is 9.11. The van der Waals surface area contributed by atoms with Crippen molar-refractivity contribution in [3.05, 3.63) is 9.30 Å². The molecule has 0 saturated carbocycles. The Morgan fingerprint density at radius 1 is 1.64 bits per heavy atom. The summed E-state index contributed by atoms with van der Waals surface area (Å²) in [6.07, 6.45) is -0.490. The summed E-state index contributed by atoms with van der Waals surface area (Å²) in [5.41, 5.74) is -0.301. The van der Waals surface area contributed by atoms with Gasteiger partial charge in [0, 0.05) is 5.54 Å². The van der Waals surface area contributed by atoms with Gasteiger partial charge in [-0.1, -0.05) is 0 Å². The summed E-state index contributed by atoms with van der Waals surface area (Å²) in [6, 6.07) is 0. The third-order valence-electron chi connectivity index (χ3n) is 1.13. The van der Waals surface area contributed by atoms with Crippen molar-refractivity contribution in [2.24, 2.45) is 0 Å². The Balaban J connectivity index is 2.50. The van der Waals surface area contributed by atoms with E-state index < -0.39 is 6.09 Å². The average molecular weight is 279 g/mol. The Labute approximate surface area is 94.8 Å². The van der Waals surface area contributed by atoms with Crippen LogP contribution in [0.3, 0.4) is 0 Å². The van der Waals surface area contributed by atoms with Crippen molar-refractivity contribution in [3.63, 3.8) is 0 Å². The molecule has 1 aromatic rings. The summed E-state index contributed by atoms with van der Waals surface area (Å²) in [5, 5.41) is 4.32. The van der Waals surface area contributed by atoms with Crippen LogP contribution in [0.1, 0.15) is 20.8 Å². The van der Waals surface area contributed by atoms with E-state index in [2.05, 4.69) is 26.2 Å². The van der Waals surface area contributed by atoms with E-state index >= 15 is 0 Å². The molecular weight excluding hydrogens is 268 g/mol. The number of thiazole rings is 1. The first-order chi connectivity index (χ1) is 6.37. The molecule has 1 aromatic heterocycles. The third-order valence-corrected chi connectivity index (χ3v) is 2.47. The van der Waals surface area contributed by atoms with Gasteiger partial charge in [-0.05, 0) is 36.7 Å². The van der Waals surface area contributed by atoms with Crippen LogP contribution in [0.5, 0.6) is 5.88 Å². The Hall–Kier alpha value is -0.620. The van der Waals surface area contributed by atoms with Gasteiger partial charge in [0.2, 0.25) is 5.88 Å². The quantitative estimate of drug-likeness (QED) is 0.860. The summed E-state index contributed by atoms with van der Waals surface area (Å²) in [6.45, 7) is 5.64. The van der Waals surface area contributed by atoms with Gasteiger partial charge in [-0.15, -0.1) is 11.3 Å². The minimum absolute atomic E-state index is 0.301. The predicted molar refractivity (Wildman–Crippen MR) is 58.7 cm³/mol. The van der Waals surface area contributed by atoms with Gasteiger partial charge in [0.05, 0.1) is 5.38 Å². The van der Waals surface area contributed by atoms with Crippen LogP contribution < -0.4 is 10.1 Å². The number of ether oxygens (including phenoxy) is 1. The molecule has 1 heterocycles. The first-order valence-corrected chi connectivity index (χ1v) is 5.65. The van der Waals surface area contributed by atoms with Crippen molar-refractivity contribution in [3.8, 4) is 5.88 Å². The lowest BCUT2D eigenvalue weighted by atomic mass is 10.1. The SMILES string of the molecule is CC(C)(C)NC(=O)Oc1csc(Br)n1. The average Bonchev–Trinajstić information content (AvgIpc) is 2.30. The molecule has 0 aliphatic heterocycles. The fourth-order valence-corrected chi connectivity index (χ4v) is 1.61. The fraction of sp³-hybridized carbons (Fsp3) is 0.500. The second-order valence-corrected chi connectivity index (χ2v) is 5.84. The molecule has 0 spiro atoms. The summed E-state index contributed by atoms with van der Waals surface area (Å²) in [5.74, 6) is 0.309. The minimum Gasteiger partial charge on any atom is -0.390 e. The number of carbonyl (C=O) groups is 1. The lowest BCUT2D eigenvalue weighted by Gasteiger charge is -2.19. The Morgan fingerprint density at radius 3 is 2.71 bits per heavy atom. The lowest BCUT2D eigenvalue weighted by Crippen LogP contribution is -2.42. The second kappa shape index (κ2) is 4.27. The molecule has 1 rings (SSSR count). The van der Waals surface area contributed by atoms with E-state index in [0.29, 0.717) is 9.80 Å². The number of nitrogens with one attached hydrogen (secondary N) is 1. The molecule has 4 nitrogen and oxygen atoms in total. The van der Waals surface area contributed by atoms with Crippen molar-refractivity contribution >= 4 is 33.4 Å². The van der Waals surface area contributed by atoms with Gasteiger partial charge in [-0.2, -0.15) is 4.98 Å². The molecule has 6 heteroatoms. The van der Waals surface area contributed by atoms with E-state index in [-0.39, 0.29) is 5.54 Å². The fourth-order valence-electron chi connectivity index (χ4n) is 0.712. The topological polar surface area (TPSA) is 51.2 Å². The maximum Gasteiger partial charge on any atom is 0.414 e. The minimum atomic E-state index is -0.490. The Kier molecular flexibility index (Phi) is 3.49. The van der Waals surface area contributed by atoms with Crippen molar-refractivity contribution in [2.45, 2.75) is 26.3 Å². The second-order valence-electron chi connectivity index (χ2n) is 3.70. The highest BCUT2D eigenvalue weighted by Crippen LogP contribution is 2.21. The number of carbonyl (C=O) groups excluding carboxylic acids is 1. The summed E-state index contributed by atoms with van der Waals surface area (Å²) in [7, 11) is 0. The van der Waals surface area contributed by atoms with Crippen LogP contribution in [0.2, 0.25) is 0 Å². The van der Waals surface area contributed by atoms with E-state index in [1.807, 2.05) is 20.8 Å². The smallest absolute Gasteiger partial charge is 0.390 e. The number of aromatic nitrogens is 1. The van der Waals surface area contributed by atoms with Crippen LogP contribution in [0.4, 0.5) is 4.79 Å². The molecule has 0 radical (unpaired) electrons. The molecule has 78 valence electrons. The van der Waals surface area contributed by atoms with Crippen LogP contribution in [-0.2, 0) is 0 Å². The maximum atomic E-state index is 11.3. The molecule has 0 unspecified atom stereocenters. The van der Waals surface area contributed by atoms with Crippen LogP contribution in [0.25, 0.3) is 0 Å². The number of halogens is 1. The van der Waals surface area contributed by atoms with E-state index in [1.54, 1.807) is 5.38 Å². The predicted octanol–water partition coefficient (Wildman–Crippen LogP) is 2.79. The van der Waals surface area contributed by atoms with Gasteiger partial charge in [0.25, 0.3) is 0 Å². The molecule has 0 atom stereocenters. The van der Waals surface area contributed by atoms with Crippen molar-refractivity contribution < 1.29 is 9.53 Å². The largest absolute Gasteiger partial charge is 0.414 e. The van der Waals surface area contributed by atoms with Crippen molar-refractivity contribution in [1.82, 2.24) is 10.3 Å². The lowest BCUT2D eigenvalue weighted by molar-refractivity contribution is 0.189. The Bertz CT molecular complexity index is 332. The van der Waals surface area contributed by atoms with Crippen LogP contribution in [-0.4, -0.2) is 16.6 Å². The molecule has 0 aliphatic rings. The number of hydrogen-bond acceptors (Lipinski definition) is 4. The molecule has 14 heavy (non-hydrogen) atoms. The highest BCUT2D eigenvalue weighted by Gasteiger charge is 2.15. The number of rotatable bonds is 1. The van der Waals surface area contributed by atoms with Crippen LogP contribution >= 0.6 is 27.3 Å². The van der Waals surface area contributed by atoms with E-state index in [0.717, 1.165) is 0 Å². The molecular formula is C8H11BrN2O2S. The van der Waals surface area contributed by atoms with E-state index in [9.17, 15) is 4.79 Å². The standard InChI is InChI=1S/C8H11BrN2O2S/c1-8(2,3)11-7(12)13-5-4-14-6(9)10-5/h4H,1-3H3,(H,11,12). The van der Waals surface area contributed by atoms with Crippen molar-refractivity contribution in [2.75, 3.05) is 0 Å². The van der Waals surface area contributed by atoms with Gasteiger partial charge in [-0.3, -0.25) is 0 Å². The first-order valence-electron chi connectivity index (χ1n) is 3.98. The zero-order valence-electron chi connectivity index (χ0n) is 8.13. The maximum absolute atomic E-state index is 11.3.